The highest BCUT2D eigenvalue weighted by Gasteiger charge is 2.41. The second-order valence-corrected chi connectivity index (χ2v) is 5.25. The van der Waals surface area contributed by atoms with Gasteiger partial charge in [0.05, 0.1) is 6.61 Å². The van der Waals surface area contributed by atoms with Gasteiger partial charge < -0.3 is 10.4 Å². The second kappa shape index (κ2) is 4.46. The number of nitrogens with one attached hydrogen (secondary N) is 1. The van der Waals surface area contributed by atoms with Gasteiger partial charge in [0.1, 0.15) is 0 Å². The van der Waals surface area contributed by atoms with Gasteiger partial charge in [0.25, 0.3) is 0 Å². The number of aliphatic hydroxyl groups excluding tert-OH is 1. The quantitative estimate of drug-likeness (QED) is 0.798. The average molecular weight is 219 g/mol. The molecule has 2 heteroatoms. The summed E-state index contributed by atoms with van der Waals surface area (Å²) in [5.41, 5.74) is 2.75. The van der Waals surface area contributed by atoms with Crippen LogP contribution in [0.25, 0.3) is 0 Å². The third kappa shape index (κ3) is 2.38. The summed E-state index contributed by atoms with van der Waals surface area (Å²) in [6, 6.07) is 8.44. The number of benzene rings is 1. The molecule has 1 aromatic carbocycles. The minimum absolute atomic E-state index is 0.171. The van der Waals surface area contributed by atoms with Crippen LogP contribution in [0.4, 0.5) is 5.69 Å². The molecule has 16 heavy (non-hydrogen) atoms. The van der Waals surface area contributed by atoms with E-state index in [2.05, 4.69) is 43.4 Å². The van der Waals surface area contributed by atoms with Gasteiger partial charge in [-0.1, -0.05) is 32.0 Å². The van der Waals surface area contributed by atoms with Crippen LogP contribution >= 0.6 is 0 Å². The van der Waals surface area contributed by atoms with Crippen LogP contribution in [0, 0.1) is 5.41 Å². The van der Waals surface area contributed by atoms with Gasteiger partial charge in [-0.05, 0) is 30.4 Å². The fourth-order valence-corrected chi connectivity index (χ4v) is 2.01. The number of para-hydroxylation sites is 1. The molecular formula is C14H21NO. The van der Waals surface area contributed by atoms with Crippen LogP contribution in [-0.2, 0) is 0 Å². The van der Waals surface area contributed by atoms with E-state index in [1.54, 1.807) is 0 Å². The first kappa shape index (κ1) is 11.5. The molecule has 2 rings (SSSR count). The summed E-state index contributed by atoms with van der Waals surface area (Å²) >= 11 is 0. The van der Waals surface area contributed by atoms with E-state index >= 15 is 0 Å². The Bertz CT molecular complexity index is 356. The Morgan fingerprint density at radius 1 is 1.31 bits per heavy atom. The summed E-state index contributed by atoms with van der Waals surface area (Å²) < 4.78 is 0. The van der Waals surface area contributed by atoms with Crippen molar-refractivity contribution in [2.75, 3.05) is 18.5 Å². The predicted octanol–water partition coefficient (Wildman–Crippen LogP) is 2.99. The zero-order valence-electron chi connectivity index (χ0n) is 10.2. The molecule has 1 aliphatic carbocycles. The largest absolute Gasteiger partial charge is 0.396 e. The first-order valence-corrected chi connectivity index (χ1v) is 6.10. The number of hydrogen-bond donors (Lipinski definition) is 2. The molecule has 1 saturated carbocycles. The Labute approximate surface area is 97.7 Å². The molecule has 0 atom stereocenters. The Balaban J connectivity index is 2.03. The molecule has 88 valence electrons. The van der Waals surface area contributed by atoms with Crippen molar-refractivity contribution < 1.29 is 5.11 Å². The number of hydrogen-bond acceptors (Lipinski definition) is 2. The molecule has 1 aliphatic rings. The highest BCUT2D eigenvalue weighted by atomic mass is 16.3. The van der Waals surface area contributed by atoms with Gasteiger partial charge in [-0.15, -0.1) is 0 Å². The molecule has 1 fully saturated rings. The zero-order chi connectivity index (χ0) is 11.6. The molecule has 0 radical (unpaired) electrons. The summed E-state index contributed by atoms with van der Waals surface area (Å²) in [7, 11) is 0. The topological polar surface area (TPSA) is 32.3 Å². The lowest BCUT2D eigenvalue weighted by atomic mass is 10.0. The van der Waals surface area contributed by atoms with Crippen LogP contribution in [0.5, 0.6) is 0 Å². The number of rotatable bonds is 5. The minimum Gasteiger partial charge on any atom is -0.396 e. The second-order valence-electron chi connectivity index (χ2n) is 5.25. The standard InChI is InChI=1S/C14H21NO/c1-11(2)12-5-3-4-6-13(12)15-9-14(10-16)7-8-14/h3-6,11,15-16H,7-10H2,1-2H3. The van der Waals surface area contributed by atoms with Crippen molar-refractivity contribution in [3.8, 4) is 0 Å². The third-order valence-corrected chi connectivity index (χ3v) is 3.53. The van der Waals surface area contributed by atoms with Gasteiger partial charge in [0.2, 0.25) is 0 Å². The van der Waals surface area contributed by atoms with E-state index < -0.39 is 0 Å². The Kier molecular flexibility index (Phi) is 3.20. The lowest BCUT2D eigenvalue weighted by Gasteiger charge is -2.18. The average Bonchev–Trinajstić information content (AvgIpc) is 3.07. The summed E-state index contributed by atoms with van der Waals surface area (Å²) in [6.45, 7) is 5.62. The molecule has 0 bridgehead atoms. The fraction of sp³-hybridized carbons (Fsp3) is 0.571. The summed E-state index contributed by atoms with van der Waals surface area (Å²) in [4.78, 5) is 0. The first-order chi connectivity index (χ1) is 7.67. The van der Waals surface area contributed by atoms with E-state index in [4.69, 9.17) is 0 Å². The highest BCUT2D eigenvalue weighted by molar-refractivity contribution is 5.52. The molecular weight excluding hydrogens is 198 g/mol. The Hall–Kier alpha value is -1.02. The molecule has 0 unspecified atom stereocenters. The van der Waals surface area contributed by atoms with Crippen LogP contribution in [-0.4, -0.2) is 18.3 Å². The SMILES string of the molecule is CC(C)c1ccccc1NCC1(CO)CC1. The summed E-state index contributed by atoms with van der Waals surface area (Å²) in [5, 5.41) is 12.8. The van der Waals surface area contributed by atoms with E-state index in [0.717, 1.165) is 19.4 Å². The Morgan fingerprint density at radius 3 is 2.56 bits per heavy atom. The molecule has 0 saturated heterocycles. The van der Waals surface area contributed by atoms with Crippen molar-refractivity contribution in [1.82, 2.24) is 0 Å². The zero-order valence-corrected chi connectivity index (χ0v) is 10.2. The first-order valence-electron chi connectivity index (χ1n) is 6.10. The summed E-state index contributed by atoms with van der Waals surface area (Å²) in [6.07, 6.45) is 2.31. The number of anilines is 1. The predicted molar refractivity (Wildman–Crippen MR) is 67.8 cm³/mol. The smallest absolute Gasteiger partial charge is 0.0504 e. The maximum absolute atomic E-state index is 9.27. The van der Waals surface area contributed by atoms with Crippen molar-refractivity contribution in [2.24, 2.45) is 5.41 Å². The van der Waals surface area contributed by atoms with Crippen LogP contribution in [0.2, 0.25) is 0 Å². The van der Waals surface area contributed by atoms with Crippen molar-refractivity contribution in [3.05, 3.63) is 29.8 Å². The Morgan fingerprint density at radius 2 is 2.00 bits per heavy atom. The third-order valence-electron chi connectivity index (χ3n) is 3.53. The van der Waals surface area contributed by atoms with Gasteiger partial charge in [0.15, 0.2) is 0 Å². The fourth-order valence-electron chi connectivity index (χ4n) is 2.01. The molecule has 2 N–H and O–H groups in total. The minimum atomic E-state index is 0.171. The molecule has 0 heterocycles. The molecule has 0 aromatic heterocycles. The van der Waals surface area contributed by atoms with Gasteiger partial charge in [-0.25, -0.2) is 0 Å². The maximum Gasteiger partial charge on any atom is 0.0504 e. The lowest BCUT2D eigenvalue weighted by Crippen LogP contribution is -2.19. The van der Waals surface area contributed by atoms with Crippen LogP contribution < -0.4 is 5.32 Å². The van der Waals surface area contributed by atoms with E-state index in [1.807, 2.05) is 0 Å². The normalized spacial score (nSPS) is 17.5. The van der Waals surface area contributed by atoms with Crippen LogP contribution in [0.1, 0.15) is 38.2 Å². The summed E-state index contributed by atoms with van der Waals surface area (Å²) in [5.74, 6) is 0.535. The van der Waals surface area contributed by atoms with E-state index in [-0.39, 0.29) is 5.41 Å². The van der Waals surface area contributed by atoms with Gasteiger partial charge >= 0.3 is 0 Å². The molecule has 1 aromatic rings. The van der Waals surface area contributed by atoms with Crippen LogP contribution in [0.15, 0.2) is 24.3 Å². The molecule has 0 aliphatic heterocycles. The monoisotopic (exact) mass is 219 g/mol. The van der Waals surface area contributed by atoms with E-state index in [0.29, 0.717) is 12.5 Å². The van der Waals surface area contributed by atoms with Gasteiger partial charge in [-0.3, -0.25) is 0 Å². The highest BCUT2D eigenvalue weighted by Crippen LogP contribution is 2.45. The lowest BCUT2D eigenvalue weighted by molar-refractivity contribution is 0.220. The van der Waals surface area contributed by atoms with Crippen LogP contribution in [0.3, 0.4) is 0 Å². The van der Waals surface area contributed by atoms with Crippen molar-refractivity contribution in [1.29, 1.82) is 0 Å². The number of aliphatic hydroxyl groups is 1. The molecule has 2 nitrogen and oxygen atoms in total. The molecule has 0 amide bonds. The van der Waals surface area contributed by atoms with E-state index in [9.17, 15) is 5.11 Å². The van der Waals surface area contributed by atoms with Crippen molar-refractivity contribution in [3.63, 3.8) is 0 Å². The van der Waals surface area contributed by atoms with Crippen molar-refractivity contribution in [2.45, 2.75) is 32.6 Å². The van der Waals surface area contributed by atoms with E-state index in [1.165, 1.54) is 11.3 Å². The van der Waals surface area contributed by atoms with Crippen molar-refractivity contribution >= 4 is 5.69 Å². The molecule has 0 spiro atoms. The van der Waals surface area contributed by atoms with Gasteiger partial charge in [0, 0.05) is 17.6 Å². The maximum atomic E-state index is 9.27. The van der Waals surface area contributed by atoms with Gasteiger partial charge in [-0.2, -0.15) is 0 Å².